The zero-order chi connectivity index (χ0) is 14.1. The van der Waals surface area contributed by atoms with Gasteiger partial charge in [-0.25, -0.2) is 0 Å². The summed E-state index contributed by atoms with van der Waals surface area (Å²) in [4.78, 5) is 11.8. The number of benzene rings is 1. The number of thioether (sulfide) groups is 1. The SMILES string of the molecule is COc1ccccc1[C@@H]1SCC(=O)Nc2c1cnn2C. The Hall–Kier alpha value is -1.95. The molecular formula is C14H15N3O2S. The normalized spacial score (nSPS) is 18.1. The number of methoxy groups -OCH3 is 1. The molecule has 5 nitrogen and oxygen atoms in total. The van der Waals surface area contributed by atoms with Gasteiger partial charge in [-0.15, -0.1) is 11.8 Å². The van der Waals surface area contributed by atoms with E-state index in [2.05, 4.69) is 10.4 Å². The number of aromatic nitrogens is 2. The van der Waals surface area contributed by atoms with Crippen LogP contribution in [0.2, 0.25) is 0 Å². The van der Waals surface area contributed by atoms with Crippen molar-refractivity contribution >= 4 is 23.5 Å². The number of anilines is 1. The predicted octanol–water partition coefficient (Wildman–Crippen LogP) is 2.20. The van der Waals surface area contributed by atoms with Gasteiger partial charge < -0.3 is 10.1 Å². The highest BCUT2D eigenvalue weighted by atomic mass is 32.2. The molecule has 6 heteroatoms. The average Bonchev–Trinajstić information content (AvgIpc) is 2.72. The molecule has 2 aromatic rings. The summed E-state index contributed by atoms with van der Waals surface area (Å²) in [5, 5.41) is 7.20. The first-order chi connectivity index (χ1) is 9.70. The van der Waals surface area contributed by atoms with E-state index in [4.69, 9.17) is 4.74 Å². The monoisotopic (exact) mass is 289 g/mol. The molecule has 0 saturated carbocycles. The topological polar surface area (TPSA) is 56.1 Å². The van der Waals surface area contributed by atoms with E-state index in [0.717, 1.165) is 22.7 Å². The van der Waals surface area contributed by atoms with Crippen molar-refractivity contribution in [3.05, 3.63) is 41.6 Å². The lowest BCUT2D eigenvalue weighted by molar-refractivity contribution is -0.113. The predicted molar refractivity (Wildman–Crippen MR) is 79.1 cm³/mol. The fourth-order valence-electron chi connectivity index (χ4n) is 2.36. The minimum Gasteiger partial charge on any atom is -0.496 e. The molecule has 3 rings (SSSR count). The number of hydrogen-bond donors (Lipinski definition) is 1. The van der Waals surface area contributed by atoms with Crippen molar-refractivity contribution in [2.75, 3.05) is 18.2 Å². The van der Waals surface area contributed by atoms with E-state index in [1.54, 1.807) is 23.6 Å². The Bertz CT molecular complexity index is 654. The Balaban J connectivity index is 2.11. The molecular weight excluding hydrogens is 274 g/mol. The Kier molecular flexibility index (Phi) is 3.40. The number of aryl methyl sites for hydroxylation is 1. The summed E-state index contributed by atoms with van der Waals surface area (Å²) in [5.74, 6) is 2.00. The van der Waals surface area contributed by atoms with E-state index in [9.17, 15) is 4.79 Å². The van der Waals surface area contributed by atoms with Gasteiger partial charge in [-0.3, -0.25) is 9.48 Å². The van der Waals surface area contributed by atoms with Gasteiger partial charge in [0.05, 0.1) is 24.3 Å². The third-order valence-electron chi connectivity index (χ3n) is 3.31. The lowest BCUT2D eigenvalue weighted by Gasteiger charge is -2.17. The van der Waals surface area contributed by atoms with Crippen LogP contribution in [0.25, 0.3) is 0 Å². The van der Waals surface area contributed by atoms with Crippen molar-refractivity contribution in [3.8, 4) is 5.75 Å². The van der Waals surface area contributed by atoms with Crippen LogP contribution in [-0.4, -0.2) is 28.6 Å². The summed E-state index contributed by atoms with van der Waals surface area (Å²) in [6.07, 6.45) is 1.81. The second kappa shape index (κ2) is 5.20. The van der Waals surface area contributed by atoms with Crippen LogP contribution >= 0.6 is 11.8 Å². The van der Waals surface area contributed by atoms with Crippen molar-refractivity contribution < 1.29 is 9.53 Å². The minimum atomic E-state index is -0.00255. The number of nitrogens with one attached hydrogen (secondary N) is 1. The van der Waals surface area contributed by atoms with Crippen LogP contribution in [0.3, 0.4) is 0 Å². The molecule has 1 aromatic heterocycles. The molecule has 1 amide bonds. The number of nitrogens with zero attached hydrogens (tertiary/aromatic N) is 2. The molecule has 1 N–H and O–H groups in total. The maximum atomic E-state index is 11.8. The first-order valence-corrected chi connectivity index (χ1v) is 7.32. The van der Waals surface area contributed by atoms with Crippen molar-refractivity contribution in [1.82, 2.24) is 9.78 Å². The van der Waals surface area contributed by atoms with Gasteiger partial charge in [-0.1, -0.05) is 18.2 Å². The highest BCUT2D eigenvalue weighted by Crippen LogP contribution is 2.44. The third kappa shape index (κ3) is 2.16. The van der Waals surface area contributed by atoms with Gasteiger partial charge >= 0.3 is 0 Å². The largest absolute Gasteiger partial charge is 0.496 e. The summed E-state index contributed by atoms with van der Waals surface area (Å²) in [6, 6.07) is 7.89. The molecule has 0 spiro atoms. The third-order valence-corrected chi connectivity index (χ3v) is 4.58. The Morgan fingerprint density at radius 1 is 1.40 bits per heavy atom. The molecule has 20 heavy (non-hydrogen) atoms. The average molecular weight is 289 g/mol. The summed E-state index contributed by atoms with van der Waals surface area (Å²) >= 11 is 1.59. The first kappa shape index (κ1) is 13.1. The fourth-order valence-corrected chi connectivity index (χ4v) is 3.47. The highest BCUT2D eigenvalue weighted by molar-refractivity contribution is 8.00. The number of rotatable bonds is 2. The van der Waals surface area contributed by atoms with Gasteiger partial charge in [0.2, 0.25) is 5.91 Å². The Labute approximate surface area is 121 Å². The van der Waals surface area contributed by atoms with Crippen molar-refractivity contribution in [3.63, 3.8) is 0 Å². The van der Waals surface area contributed by atoms with E-state index in [1.807, 2.05) is 37.5 Å². The van der Waals surface area contributed by atoms with E-state index in [1.165, 1.54) is 0 Å². The first-order valence-electron chi connectivity index (χ1n) is 6.27. The number of amides is 1. The zero-order valence-corrected chi connectivity index (χ0v) is 12.1. The van der Waals surface area contributed by atoms with Gasteiger partial charge in [0.15, 0.2) is 0 Å². The second-order valence-corrected chi connectivity index (χ2v) is 5.65. The van der Waals surface area contributed by atoms with Crippen LogP contribution in [0.1, 0.15) is 16.4 Å². The number of ether oxygens (including phenoxy) is 1. The Morgan fingerprint density at radius 2 is 2.20 bits per heavy atom. The molecule has 0 saturated heterocycles. The zero-order valence-electron chi connectivity index (χ0n) is 11.3. The number of fused-ring (bicyclic) bond motifs is 1. The Morgan fingerprint density at radius 3 is 3.00 bits per heavy atom. The molecule has 0 aliphatic carbocycles. The van der Waals surface area contributed by atoms with Crippen molar-refractivity contribution in [1.29, 1.82) is 0 Å². The van der Waals surface area contributed by atoms with Crippen LogP contribution in [0, 0.1) is 0 Å². The quantitative estimate of drug-likeness (QED) is 0.921. The molecule has 1 aromatic carbocycles. The number of carbonyl (C=O) groups excluding carboxylic acids is 1. The summed E-state index contributed by atoms with van der Waals surface area (Å²) in [5.41, 5.74) is 2.07. The van der Waals surface area contributed by atoms with E-state index in [0.29, 0.717) is 5.75 Å². The molecule has 2 heterocycles. The molecule has 1 aliphatic heterocycles. The van der Waals surface area contributed by atoms with Crippen LogP contribution < -0.4 is 10.1 Å². The lowest BCUT2D eigenvalue weighted by atomic mass is 10.1. The second-order valence-electron chi connectivity index (χ2n) is 4.55. The van der Waals surface area contributed by atoms with E-state index in [-0.39, 0.29) is 11.2 Å². The fraction of sp³-hybridized carbons (Fsp3) is 0.286. The summed E-state index contributed by atoms with van der Waals surface area (Å²) in [7, 11) is 3.49. The molecule has 1 atom stereocenters. The van der Waals surface area contributed by atoms with Crippen LogP contribution in [0.15, 0.2) is 30.5 Å². The summed E-state index contributed by atoms with van der Waals surface area (Å²) < 4.78 is 7.14. The van der Waals surface area contributed by atoms with Crippen molar-refractivity contribution in [2.45, 2.75) is 5.25 Å². The molecule has 0 fully saturated rings. The molecule has 104 valence electrons. The van der Waals surface area contributed by atoms with Crippen LogP contribution in [0.5, 0.6) is 5.75 Å². The highest BCUT2D eigenvalue weighted by Gasteiger charge is 2.28. The van der Waals surface area contributed by atoms with Crippen molar-refractivity contribution in [2.24, 2.45) is 7.05 Å². The smallest absolute Gasteiger partial charge is 0.235 e. The number of para-hydroxylation sites is 1. The van der Waals surface area contributed by atoms with Gasteiger partial charge in [-0.05, 0) is 6.07 Å². The molecule has 1 aliphatic rings. The van der Waals surface area contributed by atoms with Gasteiger partial charge in [0.25, 0.3) is 0 Å². The molecule has 0 radical (unpaired) electrons. The van der Waals surface area contributed by atoms with Gasteiger partial charge in [0.1, 0.15) is 11.6 Å². The lowest BCUT2D eigenvalue weighted by Crippen LogP contribution is -2.15. The number of hydrogen-bond acceptors (Lipinski definition) is 4. The van der Waals surface area contributed by atoms with E-state index >= 15 is 0 Å². The maximum Gasteiger partial charge on any atom is 0.235 e. The minimum absolute atomic E-state index is 0.00255. The number of carbonyl (C=O) groups is 1. The van der Waals surface area contributed by atoms with E-state index < -0.39 is 0 Å². The summed E-state index contributed by atoms with van der Waals surface area (Å²) in [6.45, 7) is 0. The van der Waals surface area contributed by atoms with Gasteiger partial charge in [-0.2, -0.15) is 5.10 Å². The standard InChI is InChI=1S/C14H15N3O2S/c1-17-14-10(7-15-17)13(20-8-12(18)16-14)9-5-3-4-6-11(9)19-2/h3-7,13H,8H2,1-2H3,(H,16,18)/t13-/m0/s1. The molecule has 0 unspecified atom stereocenters. The van der Waals surface area contributed by atoms with Crippen LogP contribution in [-0.2, 0) is 11.8 Å². The van der Waals surface area contributed by atoms with Crippen LogP contribution in [0.4, 0.5) is 5.82 Å². The maximum absolute atomic E-state index is 11.8. The van der Waals surface area contributed by atoms with Gasteiger partial charge in [0, 0.05) is 18.2 Å². The molecule has 0 bridgehead atoms.